The molecule has 1 saturated heterocycles. The van der Waals surface area contributed by atoms with Gasteiger partial charge in [0.05, 0.1) is 17.1 Å². The van der Waals surface area contributed by atoms with Gasteiger partial charge in [-0.1, -0.05) is 6.07 Å². The van der Waals surface area contributed by atoms with Gasteiger partial charge in [0.15, 0.2) is 0 Å². The van der Waals surface area contributed by atoms with Crippen LogP contribution in [0.4, 0.5) is 0 Å². The number of hydrogen-bond acceptors (Lipinski definition) is 7. The Kier molecular flexibility index (Phi) is 8.49. The van der Waals surface area contributed by atoms with Crippen molar-refractivity contribution in [1.82, 2.24) is 19.4 Å². The molecule has 39 heavy (non-hydrogen) atoms. The summed E-state index contributed by atoms with van der Waals surface area (Å²) in [6.07, 6.45) is 6.85. The molecular formula is C30H40N4O5. The van der Waals surface area contributed by atoms with Gasteiger partial charge in [0.25, 0.3) is 5.56 Å². The van der Waals surface area contributed by atoms with Gasteiger partial charge in [0.2, 0.25) is 0 Å². The zero-order chi connectivity index (χ0) is 27.5. The van der Waals surface area contributed by atoms with Crippen molar-refractivity contribution < 1.29 is 19.4 Å². The van der Waals surface area contributed by atoms with Crippen molar-refractivity contribution >= 4 is 17.0 Å². The molecule has 2 aliphatic rings. The van der Waals surface area contributed by atoms with Crippen LogP contribution in [0.1, 0.15) is 56.6 Å². The topological polar surface area (TPSA) is 108 Å². The van der Waals surface area contributed by atoms with Gasteiger partial charge in [-0.15, -0.1) is 0 Å². The number of hydrogen-bond donors (Lipinski definition) is 2. The monoisotopic (exact) mass is 536 g/mol. The molecule has 9 heteroatoms. The molecule has 2 aromatic heterocycles. The molecule has 2 atom stereocenters. The summed E-state index contributed by atoms with van der Waals surface area (Å²) in [6, 6.07) is 7.22. The quantitative estimate of drug-likeness (QED) is 0.403. The minimum Gasteiger partial charge on any atom is -0.461 e. The van der Waals surface area contributed by atoms with Gasteiger partial charge in [-0.3, -0.25) is 14.9 Å². The van der Waals surface area contributed by atoms with Crippen LogP contribution in [0.2, 0.25) is 0 Å². The lowest BCUT2D eigenvalue weighted by atomic mass is 10.00. The smallest absolute Gasteiger partial charge is 0.326 e. The number of esters is 1. The third-order valence-corrected chi connectivity index (χ3v) is 8.06. The van der Waals surface area contributed by atoms with Crippen LogP contribution in [0, 0.1) is 12.8 Å². The molecule has 3 aromatic rings. The number of carbonyl (C=O) groups excluding carboxylic acids is 1. The molecule has 2 N–H and O–H groups in total. The highest BCUT2D eigenvalue weighted by molar-refractivity contribution is 5.81. The van der Waals surface area contributed by atoms with Crippen molar-refractivity contribution in [2.75, 3.05) is 13.2 Å². The second kappa shape index (κ2) is 12.0. The van der Waals surface area contributed by atoms with E-state index >= 15 is 0 Å². The summed E-state index contributed by atoms with van der Waals surface area (Å²) >= 11 is 0. The van der Waals surface area contributed by atoms with Gasteiger partial charge in [-0.05, 0) is 82.1 Å². The fourth-order valence-electron chi connectivity index (χ4n) is 5.79. The molecule has 0 amide bonds. The first kappa shape index (κ1) is 27.6. The third-order valence-electron chi connectivity index (χ3n) is 8.06. The van der Waals surface area contributed by atoms with E-state index in [0.29, 0.717) is 18.0 Å². The van der Waals surface area contributed by atoms with Gasteiger partial charge in [-0.2, -0.15) is 0 Å². The van der Waals surface area contributed by atoms with Crippen LogP contribution in [0.25, 0.3) is 22.4 Å². The molecule has 210 valence electrons. The predicted molar refractivity (Wildman–Crippen MR) is 149 cm³/mol. The molecule has 1 aliphatic heterocycles. The van der Waals surface area contributed by atoms with Crippen molar-refractivity contribution in [3.63, 3.8) is 0 Å². The summed E-state index contributed by atoms with van der Waals surface area (Å²) in [6.45, 7) is 6.18. The number of aryl methyl sites for hydroxylation is 2. The van der Waals surface area contributed by atoms with E-state index in [2.05, 4.69) is 16.0 Å². The largest absolute Gasteiger partial charge is 0.461 e. The summed E-state index contributed by atoms with van der Waals surface area (Å²) in [7, 11) is 1.77. The fourth-order valence-corrected chi connectivity index (χ4v) is 5.79. The number of fused-ring (bicyclic) bond motifs is 1. The molecule has 0 radical (unpaired) electrons. The van der Waals surface area contributed by atoms with Gasteiger partial charge in [0, 0.05) is 50.7 Å². The first-order chi connectivity index (χ1) is 18.8. The van der Waals surface area contributed by atoms with Crippen molar-refractivity contribution in [2.45, 2.75) is 83.7 Å². The number of pyridine rings is 1. The highest BCUT2D eigenvalue weighted by atomic mass is 16.5. The van der Waals surface area contributed by atoms with E-state index in [0.717, 1.165) is 86.3 Å². The van der Waals surface area contributed by atoms with E-state index in [9.17, 15) is 14.7 Å². The van der Waals surface area contributed by atoms with Crippen LogP contribution >= 0.6 is 0 Å². The Morgan fingerprint density at radius 2 is 1.95 bits per heavy atom. The van der Waals surface area contributed by atoms with Crippen LogP contribution in [-0.2, 0) is 34.4 Å². The molecule has 0 spiro atoms. The molecule has 1 aliphatic carbocycles. The predicted octanol–water partition coefficient (Wildman–Crippen LogP) is 3.46. The Morgan fingerprint density at radius 1 is 1.21 bits per heavy atom. The second-order valence-electron chi connectivity index (χ2n) is 11.2. The lowest BCUT2D eigenvalue weighted by molar-refractivity contribution is -0.154. The first-order valence-electron chi connectivity index (χ1n) is 14.2. The number of benzene rings is 1. The molecule has 2 fully saturated rings. The molecule has 2 unspecified atom stereocenters. The standard InChI is InChI=1S/C30H40N4O5/c1-19-14-23(18-33(3)29(19)36)28-32-25-9-8-22(15-26(25)34(28)17-21-10-12-38-13-11-21)16-31-27(20(2)35)30(37)39-24-6-4-5-7-24/h8-9,14-15,18,20-21,24,27,31,35H,4-7,10-13,16-17H2,1-3H3. The highest BCUT2D eigenvalue weighted by Crippen LogP contribution is 2.29. The number of ether oxygens (including phenoxy) is 2. The SMILES string of the molecule is Cc1cc(-c2nc3ccc(CNC(C(=O)OC4CCCC4)C(C)O)cc3n2CC2CCOCC2)cn(C)c1=O. The zero-order valence-corrected chi connectivity index (χ0v) is 23.2. The Labute approximate surface area is 229 Å². The minimum absolute atomic E-state index is 0.0154. The Hall–Kier alpha value is -3.01. The van der Waals surface area contributed by atoms with E-state index < -0.39 is 18.1 Å². The number of nitrogens with zero attached hydrogens (tertiary/aromatic N) is 3. The van der Waals surface area contributed by atoms with Gasteiger partial charge in [0.1, 0.15) is 18.0 Å². The molecule has 0 bridgehead atoms. The van der Waals surface area contributed by atoms with E-state index in [1.165, 1.54) is 0 Å². The number of imidazole rings is 1. The summed E-state index contributed by atoms with van der Waals surface area (Å²) in [5, 5.41) is 13.5. The lowest BCUT2D eigenvalue weighted by Gasteiger charge is -2.24. The van der Waals surface area contributed by atoms with Crippen LogP contribution in [-0.4, -0.2) is 56.7 Å². The summed E-state index contributed by atoms with van der Waals surface area (Å²) in [4.78, 5) is 30.1. The molecule has 1 aromatic carbocycles. The third kappa shape index (κ3) is 6.26. The fraction of sp³-hybridized carbons (Fsp3) is 0.567. The maximum absolute atomic E-state index is 12.8. The maximum Gasteiger partial charge on any atom is 0.326 e. The maximum atomic E-state index is 12.8. The van der Waals surface area contributed by atoms with Crippen LogP contribution in [0.5, 0.6) is 0 Å². The summed E-state index contributed by atoms with van der Waals surface area (Å²) in [5.74, 6) is 0.910. The number of aliphatic hydroxyl groups is 1. The number of rotatable bonds is 9. The van der Waals surface area contributed by atoms with Crippen LogP contribution in [0.15, 0.2) is 35.3 Å². The number of aliphatic hydroxyl groups excluding tert-OH is 1. The van der Waals surface area contributed by atoms with Gasteiger partial charge in [-0.25, -0.2) is 4.98 Å². The van der Waals surface area contributed by atoms with Crippen LogP contribution < -0.4 is 10.9 Å². The minimum atomic E-state index is -0.874. The van der Waals surface area contributed by atoms with Crippen LogP contribution in [0.3, 0.4) is 0 Å². The van der Waals surface area contributed by atoms with E-state index in [1.807, 2.05) is 31.3 Å². The van der Waals surface area contributed by atoms with E-state index in [1.54, 1.807) is 18.5 Å². The molecular weight excluding hydrogens is 496 g/mol. The second-order valence-corrected chi connectivity index (χ2v) is 11.2. The normalized spacial score (nSPS) is 18.5. The average molecular weight is 537 g/mol. The first-order valence-corrected chi connectivity index (χ1v) is 14.2. The highest BCUT2D eigenvalue weighted by Gasteiger charge is 2.29. The molecule has 9 nitrogen and oxygen atoms in total. The Bertz CT molecular complexity index is 1340. The molecule has 1 saturated carbocycles. The van der Waals surface area contributed by atoms with Crippen molar-refractivity contribution in [3.8, 4) is 11.4 Å². The van der Waals surface area contributed by atoms with Crippen molar-refractivity contribution in [3.05, 3.63) is 51.9 Å². The van der Waals surface area contributed by atoms with Gasteiger partial charge >= 0.3 is 5.97 Å². The Balaban J connectivity index is 1.43. The van der Waals surface area contributed by atoms with Crippen molar-refractivity contribution in [1.29, 1.82) is 0 Å². The molecule has 5 rings (SSSR count). The number of nitrogens with one attached hydrogen (secondary N) is 1. The number of carbonyl (C=O) groups is 1. The lowest BCUT2D eigenvalue weighted by Crippen LogP contribution is -2.46. The average Bonchev–Trinajstić information content (AvgIpc) is 3.55. The van der Waals surface area contributed by atoms with Gasteiger partial charge < -0.3 is 23.7 Å². The van der Waals surface area contributed by atoms with Crippen molar-refractivity contribution in [2.24, 2.45) is 13.0 Å². The zero-order valence-electron chi connectivity index (χ0n) is 23.2. The summed E-state index contributed by atoms with van der Waals surface area (Å²) < 4.78 is 15.1. The Morgan fingerprint density at radius 3 is 2.64 bits per heavy atom. The number of aromatic nitrogens is 3. The van der Waals surface area contributed by atoms with E-state index in [-0.39, 0.29) is 11.7 Å². The van der Waals surface area contributed by atoms with E-state index in [4.69, 9.17) is 14.5 Å². The summed E-state index contributed by atoms with van der Waals surface area (Å²) in [5.41, 5.74) is 4.43. The molecule has 3 heterocycles.